The number of anilines is 1. The maximum absolute atomic E-state index is 12.2. The summed E-state index contributed by atoms with van der Waals surface area (Å²) in [5.74, 6) is -2.00. The highest BCUT2D eigenvalue weighted by molar-refractivity contribution is 7.89. The Bertz CT molecular complexity index is 973. The summed E-state index contributed by atoms with van der Waals surface area (Å²) in [6.07, 6.45) is -0.192. The van der Waals surface area contributed by atoms with Crippen LogP contribution in [0.2, 0.25) is 0 Å². The first-order chi connectivity index (χ1) is 13.7. The van der Waals surface area contributed by atoms with Gasteiger partial charge in [0.2, 0.25) is 33.6 Å². The Morgan fingerprint density at radius 2 is 1.72 bits per heavy atom. The summed E-state index contributed by atoms with van der Waals surface area (Å²) in [7, 11) is -1.22. The molecule has 1 amide bonds. The number of ether oxygens (including phenoxy) is 2. The smallest absolute Gasteiger partial charge is 0.335 e. The number of benzene rings is 1. The molecule has 1 aromatic carbocycles. The Morgan fingerprint density at radius 1 is 1.10 bits per heavy atom. The van der Waals surface area contributed by atoms with Crippen LogP contribution in [0.3, 0.4) is 0 Å². The van der Waals surface area contributed by atoms with Gasteiger partial charge < -0.3 is 19.9 Å². The van der Waals surface area contributed by atoms with Crippen LogP contribution >= 0.6 is 0 Å². The first-order valence-electron chi connectivity index (χ1n) is 8.29. The first-order valence-corrected chi connectivity index (χ1v) is 9.94. The standard InChI is InChI=1S/C17H20N4O7S/c1-27-14-9-15(28-2)20-17(19-14)18-8-7-13(22)21-29(25,26)10-11-5-3-4-6-12(11)16(23)24/h3-6,9H,7-8,10H2,1-2H3,(H,21,22)(H,23,24)(H,18,19,20). The Balaban J connectivity index is 1.93. The molecular weight excluding hydrogens is 404 g/mol. The number of hydrogen-bond donors (Lipinski definition) is 3. The first kappa shape index (κ1) is 21.9. The number of aromatic carboxylic acids is 1. The fraction of sp³-hybridized carbons (Fsp3) is 0.294. The number of carbonyl (C=O) groups excluding carboxylic acids is 1. The van der Waals surface area contributed by atoms with E-state index in [2.05, 4.69) is 15.3 Å². The zero-order chi connectivity index (χ0) is 21.4. The van der Waals surface area contributed by atoms with Crippen LogP contribution in [-0.4, -0.2) is 56.1 Å². The van der Waals surface area contributed by atoms with Crippen LogP contribution in [0.4, 0.5) is 5.95 Å². The summed E-state index contributed by atoms with van der Waals surface area (Å²) in [6, 6.07) is 7.15. The van der Waals surface area contributed by atoms with Crippen LogP contribution in [0.15, 0.2) is 30.3 Å². The number of nitrogens with zero attached hydrogens (tertiary/aromatic N) is 2. The minimum Gasteiger partial charge on any atom is -0.481 e. The Kier molecular flexibility index (Phi) is 7.31. The van der Waals surface area contributed by atoms with Crippen molar-refractivity contribution in [3.05, 3.63) is 41.5 Å². The molecule has 0 unspecified atom stereocenters. The highest BCUT2D eigenvalue weighted by Gasteiger charge is 2.19. The SMILES string of the molecule is COc1cc(OC)nc(NCCC(=O)NS(=O)(=O)Cc2ccccc2C(=O)O)n1. The van der Waals surface area contributed by atoms with Crippen molar-refractivity contribution in [2.75, 3.05) is 26.1 Å². The van der Waals surface area contributed by atoms with Gasteiger partial charge in [-0.1, -0.05) is 18.2 Å². The van der Waals surface area contributed by atoms with Gasteiger partial charge in [-0.05, 0) is 11.6 Å². The predicted octanol–water partition coefficient (Wildman–Crippen LogP) is 0.640. The summed E-state index contributed by atoms with van der Waals surface area (Å²) in [4.78, 5) is 31.2. The molecule has 1 heterocycles. The fourth-order valence-electron chi connectivity index (χ4n) is 2.30. The quantitative estimate of drug-likeness (QED) is 0.494. The monoisotopic (exact) mass is 424 g/mol. The van der Waals surface area contributed by atoms with Gasteiger partial charge in [-0.3, -0.25) is 9.52 Å². The van der Waals surface area contributed by atoms with Crippen LogP contribution in [0.25, 0.3) is 0 Å². The molecule has 0 aliphatic rings. The van der Waals surface area contributed by atoms with E-state index in [4.69, 9.17) is 14.6 Å². The predicted molar refractivity (Wildman–Crippen MR) is 102 cm³/mol. The molecule has 29 heavy (non-hydrogen) atoms. The van der Waals surface area contributed by atoms with Gasteiger partial charge in [-0.2, -0.15) is 9.97 Å². The van der Waals surface area contributed by atoms with Crippen LogP contribution in [0, 0.1) is 0 Å². The Morgan fingerprint density at radius 3 is 2.31 bits per heavy atom. The highest BCUT2D eigenvalue weighted by atomic mass is 32.2. The molecule has 0 spiro atoms. The van der Waals surface area contributed by atoms with Gasteiger partial charge >= 0.3 is 5.97 Å². The number of rotatable bonds is 10. The third kappa shape index (κ3) is 6.60. The lowest BCUT2D eigenvalue weighted by atomic mass is 10.1. The van der Waals surface area contributed by atoms with Gasteiger partial charge in [0.05, 0.1) is 31.6 Å². The lowest BCUT2D eigenvalue weighted by molar-refractivity contribution is -0.119. The lowest BCUT2D eigenvalue weighted by Gasteiger charge is -2.10. The van der Waals surface area contributed by atoms with E-state index < -0.39 is 27.7 Å². The third-order valence-corrected chi connectivity index (χ3v) is 4.82. The van der Waals surface area contributed by atoms with E-state index in [0.717, 1.165) is 0 Å². The molecular formula is C17H20N4O7S. The molecule has 0 radical (unpaired) electrons. The van der Waals surface area contributed by atoms with E-state index in [0.29, 0.717) is 0 Å². The summed E-state index contributed by atoms with van der Waals surface area (Å²) in [5.41, 5.74) is -0.0635. The topological polar surface area (TPSA) is 157 Å². The van der Waals surface area contributed by atoms with E-state index in [1.54, 1.807) is 0 Å². The van der Waals surface area contributed by atoms with Crippen LogP contribution < -0.4 is 19.5 Å². The third-order valence-electron chi connectivity index (χ3n) is 3.60. The molecule has 0 aliphatic heterocycles. The van der Waals surface area contributed by atoms with Gasteiger partial charge in [0, 0.05) is 13.0 Å². The van der Waals surface area contributed by atoms with Crippen LogP contribution in [0.5, 0.6) is 11.8 Å². The normalized spacial score (nSPS) is 10.8. The number of carbonyl (C=O) groups is 2. The molecule has 0 bridgehead atoms. The fourth-order valence-corrected chi connectivity index (χ4v) is 3.48. The molecule has 0 atom stereocenters. The van der Waals surface area contributed by atoms with E-state index in [1.165, 1.54) is 44.6 Å². The number of carboxylic acids is 1. The van der Waals surface area contributed by atoms with Gasteiger partial charge in [-0.15, -0.1) is 0 Å². The molecule has 11 nitrogen and oxygen atoms in total. The minimum atomic E-state index is -4.07. The number of amides is 1. The molecule has 0 aliphatic carbocycles. The minimum absolute atomic E-state index is 0.0450. The number of hydrogen-bond acceptors (Lipinski definition) is 9. The molecule has 3 N–H and O–H groups in total. The number of carboxylic acid groups (broad SMARTS) is 1. The second-order valence-corrected chi connectivity index (χ2v) is 7.42. The van der Waals surface area contributed by atoms with Gasteiger partial charge in [0.15, 0.2) is 0 Å². The lowest BCUT2D eigenvalue weighted by Crippen LogP contribution is -2.33. The second-order valence-electron chi connectivity index (χ2n) is 5.70. The van der Waals surface area contributed by atoms with Crippen molar-refractivity contribution in [3.8, 4) is 11.8 Å². The number of methoxy groups -OCH3 is 2. The molecule has 0 fully saturated rings. The number of sulfonamides is 1. The summed E-state index contributed by atoms with van der Waals surface area (Å²) < 4.78 is 36.3. The maximum atomic E-state index is 12.2. The molecule has 1 aromatic heterocycles. The van der Waals surface area contributed by atoms with E-state index in [1.807, 2.05) is 4.72 Å². The Hall–Kier alpha value is -3.41. The summed E-state index contributed by atoms with van der Waals surface area (Å²) in [5, 5.41) is 11.9. The maximum Gasteiger partial charge on any atom is 0.335 e. The van der Waals surface area contributed by atoms with Gasteiger partial charge in [0.25, 0.3) is 0 Å². The molecule has 156 valence electrons. The van der Waals surface area contributed by atoms with Crippen molar-refractivity contribution in [3.63, 3.8) is 0 Å². The van der Waals surface area contributed by atoms with Crippen LogP contribution in [-0.2, 0) is 20.6 Å². The average molecular weight is 424 g/mol. The molecule has 2 rings (SSSR count). The molecule has 2 aromatic rings. The van der Waals surface area contributed by atoms with Crippen LogP contribution in [0.1, 0.15) is 22.3 Å². The van der Waals surface area contributed by atoms with Gasteiger partial charge in [-0.25, -0.2) is 13.2 Å². The van der Waals surface area contributed by atoms with Crippen molar-refractivity contribution < 1.29 is 32.6 Å². The van der Waals surface area contributed by atoms with Gasteiger partial charge in [0.1, 0.15) is 0 Å². The zero-order valence-corrected chi connectivity index (χ0v) is 16.5. The largest absolute Gasteiger partial charge is 0.481 e. The second kappa shape index (κ2) is 9.68. The average Bonchev–Trinajstić information content (AvgIpc) is 2.67. The van der Waals surface area contributed by atoms with Crippen molar-refractivity contribution in [1.82, 2.24) is 14.7 Å². The van der Waals surface area contributed by atoms with Crippen molar-refractivity contribution in [2.24, 2.45) is 0 Å². The molecule has 0 saturated carbocycles. The summed E-state index contributed by atoms with van der Waals surface area (Å²) in [6.45, 7) is 0.0450. The highest BCUT2D eigenvalue weighted by Crippen LogP contribution is 2.17. The van der Waals surface area contributed by atoms with Crippen molar-refractivity contribution >= 4 is 27.8 Å². The Labute approximate surface area is 167 Å². The number of aromatic nitrogens is 2. The van der Waals surface area contributed by atoms with Crippen molar-refractivity contribution in [1.29, 1.82) is 0 Å². The van der Waals surface area contributed by atoms with E-state index in [-0.39, 0.29) is 41.8 Å². The zero-order valence-electron chi connectivity index (χ0n) is 15.7. The summed E-state index contributed by atoms with van der Waals surface area (Å²) >= 11 is 0. The van der Waals surface area contributed by atoms with Crippen molar-refractivity contribution in [2.45, 2.75) is 12.2 Å². The molecule has 12 heteroatoms. The molecule has 0 saturated heterocycles. The van der Waals surface area contributed by atoms with E-state index >= 15 is 0 Å². The van der Waals surface area contributed by atoms with E-state index in [9.17, 15) is 18.0 Å². The number of nitrogens with one attached hydrogen (secondary N) is 2.